The molecule has 1 saturated carbocycles. The lowest BCUT2D eigenvalue weighted by Crippen LogP contribution is -2.44. The molecule has 0 saturated heterocycles. The first-order valence-corrected chi connectivity index (χ1v) is 5.15. The highest BCUT2D eigenvalue weighted by molar-refractivity contribution is 5.81. The third-order valence-electron chi connectivity index (χ3n) is 2.89. The number of hydrogen-bond donors (Lipinski definition) is 1. The van der Waals surface area contributed by atoms with Gasteiger partial charge in [0.2, 0.25) is 5.91 Å². The van der Waals surface area contributed by atoms with Crippen molar-refractivity contribution < 1.29 is 4.79 Å². The number of amides is 1. The summed E-state index contributed by atoms with van der Waals surface area (Å²) in [6, 6.07) is -0.301. The Balaban J connectivity index is 2.28. The Morgan fingerprint density at radius 3 is 2.62 bits per heavy atom. The molecule has 1 aliphatic rings. The summed E-state index contributed by atoms with van der Waals surface area (Å²) < 4.78 is 0. The molecule has 0 aromatic heterocycles. The van der Waals surface area contributed by atoms with Crippen molar-refractivity contribution in [3.8, 4) is 0 Å². The van der Waals surface area contributed by atoms with Crippen LogP contribution in [0.15, 0.2) is 0 Å². The number of likely N-dealkylation sites (N-methyl/N-ethyl adjacent to an activating group) is 1. The van der Waals surface area contributed by atoms with Crippen LogP contribution in [0.1, 0.15) is 32.6 Å². The van der Waals surface area contributed by atoms with Crippen LogP contribution >= 0.6 is 0 Å². The van der Waals surface area contributed by atoms with Crippen LogP contribution in [0, 0.1) is 5.92 Å². The summed E-state index contributed by atoms with van der Waals surface area (Å²) in [5, 5.41) is 0. The van der Waals surface area contributed by atoms with Crippen LogP contribution in [0.25, 0.3) is 0 Å². The van der Waals surface area contributed by atoms with E-state index >= 15 is 0 Å². The van der Waals surface area contributed by atoms with Gasteiger partial charge in [0.05, 0.1) is 6.04 Å². The largest absolute Gasteiger partial charge is 0.344 e. The van der Waals surface area contributed by atoms with Gasteiger partial charge in [-0.25, -0.2) is 0 Å². The van der Waals surface area contributed by atoms with Gasteiger partial charge in [-0.3, -0.25) is 4.79 Å². The smallest absolute Gasteiger partial charge is 0.239 e. The molecule has 0 aromatic rings. The van der Waals surface area contributed by atoms with Crippen molar-refractivity contribution >= 4 is 5.91 Å². The van der Waals surface area contributed by atoms with Gasteiger partial charge in [0.1, 0.15) is 0 Å². The van der Waals surface area contributed by atoms with Crippen molar-refractivity contribution in [3.05, 3.63) is 0 Å². The fourth-order valence-corrected chi connectivity index (χ4v) is 1.61. The fraction of sp³-hybridized carbons (Fsp3) is 0.900. The number of nitrogens with zero attached hydrogens (tertiary/aromatic N) is 1. The highest BCUT2D eigenvalue weighted by Crippen LogP contribution is 2.26. The topological polar surface area (TPSA) is 46.3 Å². The van der Waals surface area contributed by atoms with Crippen molar-refractivity contribution in [2.24, 2.45) is 11.7 Å². The summed E-state index contributed by atoms with van der Waals surface area (Å²) in [6.45, 7) is 2.84. The molecule has 13 heavy (non-hydrogen) atoms. The van der Waals surface area contributed by atoms with Gasteiger partial charge in [-0.05, 0) is 25.2 Å². The van der Waals surface area contributed by atoms with Gasteiger partial charge in [-0.15, -0.1) is 0 Å². The molecule has 2 N–H and O–H groups in total. The van der Waals surface area contributed by atoms with E-state index in [1.54, 1.807) is 4.90 Å². The quantitative estimate of drug-likeness (QED) is 0.708. The third kappa shape index (κ3) is 2.69. The molecule has 3 heteroatoms. The lowest BCUT2D eigenvalue weighted by molar-refractivity contribution is -0.132. The van der Waals surface area contributed by atoms with E-state index in [1.807, 2.05) is 14.0 Å². The van der Waals surface area contributed by atoms with E-state index in [2.05, 4.69) is 0 Å². The summed E-state index contributed by atoms with van der Waals surface area (Å²) >= 11 is 0. The van der Waals surface area contributed by atoms with Crippen LogP contribution in [-0.2, 0) is 4.79 Å². The first-order valence-electron chi connectivity index (χ1n) is 5.15. The normalized spacial score (nSPS) is 19.3. The summed E-state index contributed by atoms with van der Waals surface area (Å²) in [4.78, 5) is 13.3. The minimum absolute atomic E-state index is 0.0920. The average molecular weight is 184 g/mol. The molecule has 1 rings (SSSR count). The summed E-state index contributed by atoms with van der Waals surface area (Å²) in [6.07, 6.45) is 4.61. The maximum Gasteiger partial charge on any atom is 0.239 e. The van der Waals surface area contributed by atoms with E-state index < -0.39 is 0 Å². The Morgan fingerprint density at radius 2 is 2.23 bits per heavy atom. The molecule has 1 fully saturated rings. The predicted molar refractivity (Wildman–Crippen MR) is 53.2 cm³/mol. The van der Waals surface area contributed by atoms with Crippen LogP contribution in [-0.4, -0.2) is 30.4 Å². The second-order valence-corrected chi connectivity index (χ2v) is 4.03. The Kier molecular flexibility index (Phi) is 3.72. The maximum absolute atomic E-state index is 11.6. The van der Waals surface area contributed by atoms with Crippen LogP contribution in [0.2, 0.25) is 0 Å². The van der Waals surface area contributed by atoms with Gasteiger partial charge in [-0.2, -0.15) is 0 Å². The van der Waals surface area contributed by atoms with Crippen molar-refractivity contribution in [2.75, 3.05) is 13.6 Å². The molecule has 1 amide bonds. The molecular weight excluding hydrogens is 164 g/mol. The molecule has 0 unspecified atom stereocenters. The number of carbonyl (C=O) groups excluding carboxylic acids is 1. The lowest BCUT2D eigenvalue weighted by atomic mass is 9.85. The van der Waals surface area contributed by atoms with Crippen LogP contribution < -0.4 is 5.73 Å². The Hall–Kier alpha value is -0.570. The Bertz CT molecular complexity index is 178. The van der Waals surface area contributed by atoms with E-state index in [1.165, 1.54) is 19.3 Å². The highest BCUT2D eigenvalue weighted by Gasteiger charge is 2.23. The number of hydrogen-bond acceptors (Lipinski definition) is 2. The fourth-order valence-electron chi connectivity index (χ4n) is 1.61. The first kappa shape index (κ1) is 10.5. The molecule has 3 nitrogen and oxygen atoms in total. The maximum atomic E-state index is 11.6. The Labute approximate surface area is 80.3 Å². The van der Waals surface area contributed by atoms with Crippen molar-refractivity contribution in [2.45, 2.75) is 38.6 Å². The lowest BCUT2D eigenvalue weighted by Gasteiger charge is -2.31. The van der Waals surface area contributed by atoms with Crippen molar-refractivity contribution in [1.82, 2.24) is 4.90 Å². The molecule has 76 valence electrons. The monoisotopic (exact) mass is 184 g/mol. The summed E-state index contributed by atoms with van der Waals surface area (Å²) in [5.74, 6) is 0.826. The molecule has 0 radical (unpaired) electrons. The van der Waals surface area contributed by atoms with Crippen LogP contribution in [0.4, 0.5) is 0 Å². The number of carbonyl (C=O) groups is 1. The zero-order valence-electron chi connectivity index (χ0n) is 8.62. The SMILES string of the molecule is CC[C@H](N)C(=O)N(C)CC1CCC1. The van der Waals surface area contributed by atoms with Gasteiger partial charge in [0.15, 0.2) is 0 Å². The molecule has 0 bridgehead atoms. The van der Waals surface area contributed by atoms with Gasteiger partial charge in [0, 0.05) is 13.6 Å². The van der Waals surface area contributed by atoms with Crippen molar-refractivity contribution in [3.63, 3.8) is 0 Å². The first-order chi connectivity index (χ1) is 6.15. The van der Waals surface area contributed by atoms with Crippen LogP contribution in [0.3, 0.4) is 0 Å². The van der Waals surface area contributed by atoms with Gasteiger partial charge >= 0.3 is 0 Å². The number of nitrogens with two attached hydrogens (primary N) is 1. The minimum Gasteiger partial charge on any atom is -0.344 e. The second kappa shape index (κ2) is 4.61. The minimum atomic E-state index is -0.301. The number of rotatable bonds is 4. The zero-order valence-corrected chi connectivity index (χ0v) is 8.62. The van der Waals surface area contributed by atoms with E-state index in [0.717, 1.165) is 18.9 Å². The van der Waals surface area contributed by atoms with Crippen molar-refractivity contribution in [1.29, 1.82) is 0 Å². The van der Waals surface area contributed by atoms with E-state index in [9.17, 15) is 4.79 Å². The molecule has 0 spiro atoms. The van der Waals surface area contributed by atoms with Gasteiger partial charge in [0.25, 0.3) is 0 Å². The van der Waals surface area contributed by atoms with Crippen LogP contribution in [0.5, 0.6) is 0 Å². The standard InChI is InChI=1S/C10H20N2O/c1-3-9(11)10(13)12(2)7-8-5-4-6-8/h8-9H,3-7,11H2,1-2H3/t9-/m0/s1. The molecule has 1 aliphatic carbocycles. The average Bonchev–Trinajstić information content (AvgIpc) is 2.08. The van der Waals surface area contributed by atoms with E-state index in [4.69, 9.17) is 5.73 Å². The molecule has 1 atom stereocenters. The molecule has 0 heterocycles. The summed E-state index contributed by atoms with van der Waals surface area (Å²) in [7, 11) is 1.86. The predicted octanol–water partition coefficient (Wildman–Crippen LogP) is 0.982. The second-order valence-electron chi connectivity index (χ2n) is 4.03. The third-order valence-corrected chi connectivity index (χ3v) is 2.89. The molecular formula is C10H20N2O. The highest BCUT2D eigenvalue weighted by atomic mass is 16.2. The Morgan fingerprint density at radius 1 is 1.62 bits per heavy atom. The van der Waals surface area contributed by atoms with Gasteiger partial charge < -0.3 is 10.6 Å². The molecule has 0 aromatic carbocycles. The summed E-state index contributed by atoms with van der Waals surface area (Å²) in [5.41, 5.74) is 5.66. The molecule has 0 aliphatic heterocycles. The van der Waals surface area contributed by atoms with Gasteiger partial charge in [-0.1, -0.05) is 13.3 Å². The van der Waals surface area contributed by atoms with E-state index in [0.29, 0.717) is 0 Å². The zero-order chi connectivity index (χ0) is 9.84. The van der Waals surface area contributed by atoms with E-state index in [-0.39, 0.29) is 11.9 Å².